The number of aryl methyl sites for hydroxylation is 1. The van der Waals surface area contributed by atoms with E-state index in [1.807, 2.05) is 59.9 Å². The van der Waals surface area contributed by atoms with E-state index in [0.717, 1.165) is 22.6 Å². The van der Waals surface area contributed by atoms with Crippen molar-refractivity contribution in [3.63, 3.8) is 0 Å². The first-order chi connectivity index (χ1) is 18.0. The number of benzene rings is 2. The van der Waals surface area contributed by atoms with Crippen LogP contribution in [-0.2, 0) is 5.41 Å². The van der Waals surface area contributed by atoms with Gasteiger partial charge in [0.15, 0.2) is 11.5 Å². The predicted molar refractivity (Wildman–Crippen MR) is 165 cm³/mol. The number of hydrogen-bond acceptors (Lipinski definition) is 6. The zero-order valence-corrected chi connectivity index (χ0v) is 26.8. The lowest BCUT2D eigenvalue weighted by molar-refractivity contribution is 0.102. The number of ether oxygens (including phenoxy) is 2. The van der Waals surface area contributed by atoms with Gasteiger partial charge in [-0.2, -0.15) is 5.26 Å². The van der Waals surface area contributed by atoms with Gasteiger partial charge in [0.2, 0.25) is 0 Å². The largest absolute Gasteiger partial charge is 0.493 e. The number of nitrogens with one attached hydrogen (secondary N) is 1. The number of nitrogens with two attached hydrogens (primary N) is 1. The summed E-state index contributed by atoms with van der Waals surface area (Å²) in [5.41, 5.74) is 8.53. The monoisotopic (exact) mass is 545 g/mol. The van der Waals surface area contributed by atoms with Crippen LogP contribution in [-0.4, -0.2) is 31.9 Å². The van der Waals surface area contributed by atoms with Gasteiger partial charge in [0.25, 0.3) is 5.91 Å². The predicted octanol–water partition coefficient (Wildman–Crippen LogP) is 8.36. The normalized spacial score (nSPS) is 11.5. The summed E-state index contributed by atoms with van der Waals surface area (Å²) in [6, 6.07) is 11.2. The van der Waals surface area contributed by atoms with Crippen molar-refractivity contribution in [1.29, 1.82) is 5.26 Å². The second-order valence-corrected chi connectivity index (χ2v) is 9.66. The van der Waals surface area contributed by atoms with Crippen LogP contribution in [0.3, 0.4) is 0 Å². The van der Waals surface area contributed by atoms with Crippen molar-refractivity contribution in [3.05, 3.63) is 47.0 Å². The Balaban J connectivity index is 0. The maximum absolute atomic E-state index is 12.9. The Morgan fingerprint density at radius 3 is 2.00 bits per heavy atom. The minimum absolute atomic E-state index is 0.175. The van der Waals surface area contributed by atoms with Crippen LogP contribution in [0.15, 0.2) is 35.2 Å². The highest BCUT2D eigenvalue weighted by atomic mass is 32.2. The fraction of sp³-hybridized carbons (Fsp3) is 0.548. The maximum Gasteiger partial charge on any atom is 0.255 e. The molecular weight excluding hydrogens is 494 g/mol. The van der Waals surface area contributed by atoms with Crippen LogP contribution in [0, 0.1) is 18.3 Å². The van der Waals surface area contributed by atoms with Gasteiger partial charge in [-0.3, -0.25) is 4.79 Å². The molecule has 6 nitrogen and oxygen atoms in total. The average Bonchev–Trinajstić information content (AvgIpc) is 2.94. The van der Waals surface area contributed by atoms with Gasteiger partial charge in [-0.25, -0.2) is 0 Å². The van der Waals surface area contributed by atoms with Gasteiger partial charge >= 0.3 is 0 Å². The highest BCUT2D eigenvalue weighted by Gasteiger charge is 2.29. The molecule has 2 rings (SSSR count). The van der Waals surface area contributed by atoms with E-state index in [-0.39, 0.29) is 11.3 Å². The molecule has 3 N–H and O–H groups in total. The Morgan fingerprint density at radius 1 is 0.974 bits per heavy atom. The third kappa shape index (κ3) is 11.0. The number of methoxy groups -OCH3 is 2. The van der Waals surface area contributed by atoms with Crippen LogP contribution in [0.25, 0.3) is 0 Å². The summed E-state index contributed by atoms with van der Waals surface area (Å²) in [6.45, 7) is 20.2. The summed E-state index contributed by atoms with van der Waals surface area (Å²) in [4.78, 5) is 14.0. The molecule has 1 amide bonds. The maximum atomic E-state index is 12.9. The SMILES string of the molecule is CC.CC.CC.COc1ccc(C(=O)Nc2cc(C)c(C(C)(C)CCC(C)(N)C#N)c(SC)c2)cc1OC. The van der Waals surface area contributed by atoms with Crippen molar-refractivity contribution in [2.24, 2.45) is 5.73 Å². The van der Waals surface area contributed by atoms with Gasteiger partial charge in [0, 0.05) is 16.1 Å². The van der Waals surface area contributed by atoms with Crippen molar-refractivity contribution in [2.45, 2.75) is 97.9 Å². The summed E-state index contributed by atoms with van der Waals surface area (Å²) in [7, 11) is 3.10. The number of thioether (sulfide) groups is 1. The Morgan fingerprint density at radius 2 is 1.53 bits per heavy atom. The molecule has 38 heavy (non-hydrogen) atoms. The summed E-state index contributed by atoms with van der Waals surface area (Å²) in [6.07, 6.45) is 3.40. The van der Waals surface area contributed by atoms with E-state index < -0.39 is 5.54 Å². The minimum Gasteiger partial charge on any atom is -0.493 e. The molecule has 0 saturated heterocycles. The third-order valence-corrected chi connectivity index (χ3v) is 6.39. The Kier molecular flexibility index (Phi) is 18.3. The molecule has 7 heteroatoms. The molecule has 0 spiro atoms. The number of hydrogen-bond donors (Lipinski definition) is 2. The highest BCUT2D eigenvalue weighted by molar-refractivity contribution is 7.98. The molecule has 1 unspecified atom stereocenters. The first-order valence-corrected chi connectivity index (χ1v) is 14.6. The molecule has 2 aromatic rings. The smallest absolute Gasteiger partial charge is 0.255 e. The van der Waals surface area contributed by atoms with E-state index in [9.17, 15) is 10.1 Å². The summed E-state index contributed by atoms with van der Waals surface area (Å²) < 4.78 is 10.5. The first kappa shape index (κ1) is 37.5. The molecule has 0 radical (unpaired) electrons. The van der Waals surface area contributed by atoms with E-state index in [2.05, 4.69) is 32.2 Å². The molecule has 0 aliphatic heterocycles. The first-order valence-electron chi connectivity index (χ1n) is 13.4. The molecule has 214 valence electrons. The van der Waals surface area contributed by atoms with Gasteiger partial charge in [-0.1, -0.05) is 55.4 Å². The number of anilines is 1. The van der Waals surface area contributed by atoms with Crippen LogP contribution >= 0.6 is 11.8 Å². The third-order valence-electron chi connectivity index (χ3n) is 5.62. The molecule has 0 aromatic heterocycles. The van der Waals surface area contributed by atoms with Gasteiger partial charge in [0.1, 0.15) is 5.54 Å². The topological polar surface area (TPSA) is 97.4 Å². The van der Waals surface area contributed by atoms with Crippen molar-refractivity contribution in [1.82, 2.24) is 0 Å². The lowest BCUT2D eigenvalue weighted by Crippen LogP contribution is -2.36. The zero-order chi connectivity index (χ0) is 30.1. The molecule has 0 bridgehead atoms. The van der Waals surface area contributed by atoms with Gasteiger partial charge in [-0.15, -0.1) is 11.8 Å². The van der Waals surface area contributed by atoms with Crippen LogP contribution in [0.5, 0.6) is 11.5 Å². The van der Waals surface area contributed by atoms with Crippen molar-refractivity contribution >= 4 is 23.4 Å². The number of nitriles is 1. The highest BCUT2D eigenvalue weighted by Crippen LogP contribution is 2.40. The molecule has 1 atom stereocenters. The number of carbonyl (C=O) groups excluding carboxylic acids is 1. The molecule has 0 saturated carbocycles. The van der Waals surface area contributed by atoms with Crippen LogP contribution in [0.1, 0.15) is 96.6 Å². The van der Waals surface area contributed by atoms with E-state index in [0.29, 0.717) is 23.5 Å². The Labute approximate surface area is 236 Å². The molecular formula is C31H51N3O3S. The molecule has 0 fully saturated rings. The molecule has 0 aliphatic rings. The minimum atomic E-state index is -0.849. The van der Waals surface area contributed by atoms with E-state index >= 15 is 0 Å². The van der Waals surface area contributed by atoms with Crippen molar-refractivity contribution in [2.75, 3.05) is 25.8 Å². The second kappa shape index (κ2) is 18.5. The van der Waals surface area contributed by atoms with Gasteiger partial charge in [0.05, 0.1) is 20.3 Å². The van der Waals surface area contributed by atoms with E-state index in [1.54, 1.807) is 44.0 Å². The summed E-state index contributed by atoms with van der Waals surface area (Å²) in [5.74, 6) is 0.848. The van der Waals surface area contributed by atoms with Crippen LogP contribution in [0.2, 0.25) is 0 Å². The van der Waals surface area contributed by atoms with E-state index in [1.165, 1.54) is 12.7 Å². The van der Waals surface area contributed by atoms with Crippen molar-refractivity contribution in [3.8, 4) is 17.6 Å². The lowest BCUT2D eigenvalue weighted by atomic mass is 9.76. The number of carbonyl (C=O) groups is 1. The number of rotatable bonds is 9. The standard InChI is InChI=1S/C25H33N3O3S.3C2H6/c1-16-12-18(28-23(29)17-8-9-19(30-5)20(13-17)31-6)14-21(32-7)22(16)24(2,3)10-11-25(4,27)15-26;3*1-2/h8-9,12-14H,10-11,27H2,1-7H3,(H,28,29);3*1-2H3. The summed E-state index contributed by atoms with van der Waals surface area (Å²) in [5, 5.41) is 12.3. The average molecular weight is 546 g/mol. The lowest BCUT2D eigenvalue weighted by Gasteiger charge is -2.32. The summed E-state index contributed by atoms with van der Waals surface area (Å²) >= 11 is 1.64. The fourth-order valence-corrected chi connectivity index (χ4v) is 4.68. The number of nitrogens with zero attached hydrogens (tertiary/aromatic N) is 1. The molecule has 0 aliphatic carbocycles. The molecule has 0 heterocycles. The zero-order valence-electron chi connectivity index (χ0n) is 26.0. The number of amides is 1. The van der Waals surface area contributed by atoms with E-state index in [4.69, 9.17) is 15.2 Å². The Bertz CT molecular complexity index is 1030. The van der Waals surface area contributed by atoms with Crippen LogP contribution < -0.4 is 20.5 Å². The fourth-order valence-electron chi connectivity index (χ4n) is 3.79. The Hall–Kier alpha value is -2.69. The second-order valence-electron chi connectivity index (χ2n) is 8.81. The van der Waals surface area contributed by atoms with Gasteiger partial charge < -0.3 is 20.5 Å². The van der Waals surface area contributed by atoms with Crippen LogP contribution in [0.4, 0.5) is 5.69 Å². The quantitative estimate of drug-likeness (QED) is 0.307. The molecule has 2 aromatic carbocycles. The van der Waals surface area contributed by atoms with Crippen molar-refractivity contribution < 1.29 is 14.3 Å². The van der Waals surface area contributed by atoms with Gasteiger partial charge in [-0.05, 0) is 79.8 Å².